The normalized spacial score (nSPS) is 12.1. The van der Waals surface area contributed by atoms with Gasteiger partial charge in [0.2, 0.25) is 0 Å². The van der Waals surface area contributed by atoms with E-state index >= 15 is 0 Å². The molecule has 2 aromatic rings. The van der Waals surface area contributed by atoms with Gasteiger partial charge in [-0.25, -0.2) is 5.48 Å². The highest BCUT2D eigenvalue weighted by Gasteiger charge is 2.22. The molecule has 1 atom stereocenters. The Morgan fingerprint density at radius 3 is 1.85 bits per heavy atom. The van der Waals surface area contributed by atoms with Crippen molar-refractivity contribution in [3.63, 3.8) is 0 Å². The zero-order valence-corrected chi connectivity index (χ0v) is 11.5. The van der Waals surface area contributed by atoms with Crippen molar-refractivity contribution < 1.29 is 14.2 Å². The molecule has 0 aliphatic rings. The smallest absolute Gasteiger partial charge is 0.255 e. The Kier molecular flexibility index (Phi) is 5.03. The number of hydrogen-bond donors (Lipinski definition) is 2. The van der Waals surface area contributed by atoms with Gasteiger partial charge in [0.25, 0.3) is 5.91 Å². The largest absolute Gasteiger partial charge is 0.289 e. The van der Waals surface area contributed by atoms with Crippen LogP contribution in [0.4, 0.5) is 0 Å². The molecule has 20 heavy (non-hydrogen) atoms. The average molecular weight is 289 g/mol. The number of carbonyl (C=O) groups is 1. The summed E-state index contributed by atoms with van der Waals surface area (Å²) in [7, 11) is -1.46. The molecule has 0 aliphatic heterocycles. The fourth-order valence-electron chi connectivity index (χ4n) is 2.00. The van der Waals surface area contributed by atoms with Crippen LogP contribution in [-0.4, -0.2) is 21.1 Å². The highest BCUT2D eigenvalue weighted by molar-refractivity contribution is 7.86. The molecule has 0 bridgehead atoms. The van der Waals surface area contributed by atoms with Gasteiger partial charge in [0.1, 0.15) is 5.75 Å². The molecule has 0 aliphatic carbocycles. The lowest BCUT2D eigenvalue weighted by Crippen LogP contribution is -2.27. The van der Waals surface area contributed by atoms with Crippen LogP contribution in [0.2, 0.25) is 0 Å². The van der Waals surface area contributed by atoms with Crippen molar-refractivity contribution in [2.45, 2.75) is 5.25 Å². The summed E-state index contributed by atoms with van der Waals surface area (Å²) < 4.78 is 12.5. The molecule has 104 valence electrons. The van der Waals surface area contributed by atoms with Crippen molar-refractivity contribution in [3.05, 3.63) is 71.8 Å². The lowest BCUT2D eigenvalue weighted by molar-refractivity contribution is -0.126. The third kappa shape index (κ3) is 3.53. The Labute approximate surface area is 119 Å². The summed E-state index contributed by atoms with van der Waals surface area (Å²) in [5.41, 5.74) is 3.28. The van der Waals surface area contributed by atoms with Gasteiger partial charge in [-0.2, -0.15) is 0 Å². The van der Waals surface area contributed by atoms with Gasteiger partial charge in [0.15, 0.2) is 0 Å². The molecule has 2 N–H and O–H groups in total. The number of benzene rings is 2. The molecule has 5 heteroatoms. The maximum absolute atomic E-state index is 12.5. The van der Waals surface area contributed by atoms with E-state index in [9.17, 15) is 9.00 Å². The molecule has 1 amide bonds. The molecule has 0 unspecified atom stereocenters. The second kappa shape index (κ2) is 6.98. The predicted molar refractivity (Wildman–Crippen MR) is 77.7 cm³/mol. The van der Waals surface area contributed by atoms with Crippen LogP contribution in [0.25, 0.3) is 0 Å². The van der Waals surface area contributed by atoms with Crippen LogP contribution >= 0.6 is 0 Å². The van der Waals surface area contributed by atoms with E-state index in [1.165, 1.54) is 5.48 Å². The molecule has 0 fully saturated rings. The molecular formula is C15H15NO3S. The molecule has 4 nitrogen and oxygen atoms in total. The van der Waals surface area contributed by atoms with Crippen LogP contribution in [0.3, 0.4) is 0 Å². The van der Waals surface area contributed by atoms with E-state index in [2.05, 4.69) is 0 Å². The molecule has 2 aromatic carbocycles. The van der Waals surface area contributed by atoms with Crippen LogP contribution in [0.1, 0.15) is 16.4 Å². The minimum atomic E-state index is -1.46. The minimum absolute atomic E-state index is 0.245. The summed E-state index contributed by atoms with van der Waals surface area (Å²) in [5.74, 6) is -0.898. The van der Waals surface area contributed by atoms with E-state index in [1.807, 2.05) is 60.7 Å². The molecule has 0 radical (unpaired) electrons. The SMILES string of the molecule is O=C(C[S@@](=O)C(c1ccccc1)c1ccccc1)NO. The molecule has 0 spiro atoms. The standard InChI is InChI=1S/C15H15NO3S/c17-14(16-18)11-20(19)15(12-7-3-1-4-8-12)13-9-5-2-6-10-13/h1-10,15,18H,11H2,(H,16,17)/t20-/m1/s1. The number of rotatable bonds is 5. The second-order valence-electron chi connectivity index (χ2n) is 4.26. The summed E-state index contributed by atoms with van der Waals surface area (Å²) in [4.78, 5) is 11.2. The number of nitrogens with one attached hydrogen (secondary N) is 1. The quantitative estimate of drug-likeness (QED) is 0.654. The summed E-state index contributed by atoms with van der Waals surface area (Å²) in [5, 5.41) is 8.18. The topological polar surface area (TPSA) is 66.4 Å². The Morgan fingerprint density at radius 1 is 1.00 bits per heavy atom. The van der Waals surface area contributed by atoms with Gasteiger partial charge in [0.05, 0.1) is 5.25 Å². The number of hydroxylamine groups is 1. The lowest BCUT2D eigenvalue weighted by Gasteiger charge is -2.17. The van der Waals surface area contributed by atoms with Gasteiger partial charge in [-0.1, -0.05) is 60.7 Å². The Morgan fingerprint density at radius 2 is 1.45 bits per heavy atom. The molecule has 0 heterocycles. The average Bonchev–Trinajstić information content (AvgIpc) is 2.49. The van der Waals surface area contributed by atoms with Crippen LogP contribution in [0.5, 0.6) is 0 Å². The molecular weight excluding hydrogens is 274 g/mol. The van der Waals surface area contributed by atoms with Crippen LogP contribution in [0, 0.1) is 0 Å². The van der Waals surface area contributed by atoms with Gasteiger partial charge >= 0.3 is 0 Å². The number of amides is 1. The van der Waals surface area contributed by atoms with Crippen molar-refractivity contribution in [3.8, 4) is 0 Å². The minimum Gasteiger partial charge on any atom is -0.289 e. The molecule has 0 saturated carbocycles. The first-order chi connectivity index (χ1) is 9.72. The summed E-state index contributed by atoms with van der Waals surface area (Å²) in [6.07, 6.45) is 0. The van der Waals surface area contributed by atoms with E-state index in [-0.39, 0.29) is 5.75 Å². The van der Waals surface area contributed by atoms with Gasteiger partial charge in [-0.3, -0.25) is 14.2 Å². The number of hydrogen-bond acceptors (Lipinski definition) is 3. The van der Waals surface area contributed by atoms with E-state index in [1.54, 1.807) is 0 Å². The lowest BCUT2D eigenvalue weighted by atomic mass is 10.0. The van der Waals surface area contributed by atoms with Crippen molar-refractivity contribution >= 4 is 16.7 Å². The van der Waals surface area contributed by atoms with Gasteiger partial charge < -0.3 is 0 Å². The van der Waals surface area contributed by atoms with Crippen LogP contribution in [0.15, 0.2) is 60.7 Å². The van der Waals surface area contributed by atoms with Crippen molar-refractivity contribution in [1.82, 2.24) is 5.48 Å². The van der Waals surface area contributed by atoms with Crippen molar-refractivity contribution in [2.75, 3.05) is 5.75 Å². The Bertz CT molecular complexity index is 547. The first-order valence-electron chi connectivity index (χ1n) is 6.12. The zero-order chi connectivity index (χ0) is 14.4. The maximum Gasteiger partial charge on any atom is 0.255 e. The third-order valence-corrected chi connectivity index (χ3v) is 4.48. The second-order valence-corrected chi connectivity index (χ2v) is 5.78. The highest BCUT2D eigenvalue weighted by Crippen LogP contribution is 2.28. The summed E-state index contributed by atoms with van der Waals surface area (Å²) in [6.45, 7) is 0. The summed E-state index contributed by atoms with van der Waals surface area (Å²) >= 11 is 0. The van der Waals surface area contributed by atoms with Crippen molar-refractivity contribution in [1.29, 1.82) is 0 Å². The molecule has 0 aromatic heterocycles. The summed E-state index contributed by atoms with van der Waals surface area (Å²) in [6, 6.07) is 18.8. The van der Waals surface area contributed by atoms with Gasteiger partial charge in [-0.05, 0) is 11.1 Å². The van der Waals surface area contributed by atoms with E-state index in [4.69, 9.17) is 5.21 Å². The fraction of sp³-hybridized carbons (Fsp3) is 0.133. The van der Waals surface area contributed by atoms with E-state index in [0.717, 1.165) is 11.1 Å². The van der Waals surface area contributed by atoms with Crippen LogP contribution in [-0.2, 0) is 15.6 Å². The Balaban J connectivity index is 2.35. The highest BCUT2D eigenvalue weighted by atomic mass is 32.2. The Hall–Kier alpha value is -1.98. The first kappa shape index (κ1) is 14.4. The number of carbonyl (C=O) groups excluding carboxylic acids is 1. The van der Waals surface area contributed by atoms with Crippen LogP contribution < -0.4 is 5.48 Å². The predicted octanol–water partition coefficient (Wildman–Crippen LogP) is 2.03. The van der Waals surface area contributed by atoms with Crippen molar-refractivity contribution in [2.24, 2.45) is 0 Å². The molecule has 0 saturated heterocycles. The fourth-order valence-corrected chi connectivity index (χ4v) is 3.41. The monoisotopic (exact) mass is 289 g/mol. The zero-order valence-electron chi connectivity index (χ0n) is 10.7. The van der Waals surface area contributed by atoms with E-state index < -0.39 is 22.0 Å². The van der Waals surface area contributed by atoms with E-state index in [0.29, 0.717) is 0 Å². The maximum atomic E-state index is 12.5. The van der Waals surface area contributed by atoms with Gasteiger partial charge in [0, 0.05) is 10.8 Å². The van der Waals surface area contributed by atoms with Gasteiger partial charge in [-0.15, -0.1) is 0 Å². The first-order valence-corrected chi connectivity index (χ1v) is 7.50. The molecule has 2 rings (SSSR count). The third-order valence-electron chi connectivity index (χ3n) is 2.87.